The lowest BCUT2D eigenvalue weighted by Crippen LogP contribution is -2.08. The zero-order valence-corrected chi connectivity index (χ0v) is 10.2. The van der Waals surface area contributed by atoms with Gasteiger partial charge in [0.15, 0.2) is 0 Å². The van der Waals surface area contributed by atoms with E-state index < -0.39 is 5.97 Å². The number of aromatic hydroxyl groups is 1. The molecule has 0 aliphatic heterocycles. The first-order valence-electron chi connectivity index (χ1n) is 4.63. The second kappa shape index (κ2) is 5.52. The van der Waals surface area contributed by atoms with Gasteiger partial charge in [-0.05, 0) is 24.6 Å². The Morgan fingerprint density at radius 1 is 1.62 bits per heavy atom. The number of nitrogens with zero attached hydrogens (tertiary/aromatic N) is 1. The molecule has 0 aromatic heterocycles. The molecule has 0 aliphatic carbocycles. The van der Waals surface area contributed by atoms with Crippen molar-refractivity contribution in [2.45, 2.75) is 12.3 Å². The van der Waals surface area contributed by atoms with Crippen molar-refractivity contribution >= 4 is 21.9 Å². The number of halogens is 1. The maximum absolute atomic E-state index is 11.5. The van der Waals surface area contributed by atoms with E-state index in [0.717, 1.165) is 0 Å². The summed E-state index contributed by atoms with van der Waals surface area (Å²) >= 11 is 3.19. The average molecular weight is 284 g/mol. The smallest absolute Gasteiger partial charge is 0.339 e. The van der Waals surface area contributed by atoms with Gasteiger partial charge in [0, 0.05) is 5.33 Å². The number of ether oxygens (including phenoxy) is 1. The summed E-state index contributed by atoms with van der Waals surface area (Å²) in [5.41, 5.74) is 0.887. The van der Waals surface area contributed by atoms with Gasteiger partial charge < -0.3 is 9.84 Å². The molecule has 0 heterocycles. The van der Waals surface area contributed by atoms with Gasteiger partial charge in [-0.3, -0.25) is 0 Å². The van der Waals surface area contributed by atoms with E-state index in [4.69, 9.17) is 10.00 Å². The number of hydrogen-bond acceptors (Lipinski definition) is 4. The van der Waals surface area contributed by atoms with Crippen molar-refractivity contribution in [2.24, 2.45) is 0 Å². The molecule has 0 radical (unpaired) electrons. The molecule has 5 heteroatoms. The standard InChI is InChI=1S/C11H10BrNO3/c1-2-16-11(15)9-4-8(14)3-7(5-12)10(9)6-13/h3-4,14H,2,5H2,1H3. The summed E-state index contributed by atoms with van der Waals surface area (Å²) in [6.07, 6.45) is 0. The predicted octanol–water partition coefficient (Wildman–Crippen LogP) is 2.34. The number of alkyl halides is 1. The maximum atomic E-state index is 11.5. The number of hydrogen-bond donors (Lipinski definition) is 1. The zero-order chi connectivity index (χ0) is 12.1. The van der Waals surface area contributed by atoms with Crippen molar-refractivity contribution in [1.29, 1.82) is 5.26 Å². The number of carbonyl (C=O) groups excluding carboxylic acids is 1. The molecule has 0 fully saturated rings. The summed E-state index contributed by atoms with van der Waals surface area (Å²) in [5, 5.41) is 18.8. The molecule has 0 spiro atoms. The molecule has 1 rings (SSSR count). The van der Waals surface area contributed by atoms with Crippen molar-refractivity contribution in [2.75, 3.05) is 6.61 Å². The topological polar surface area (TPSA) is 70.3 Å². The monoisotopic (exact) mass is 283 g/mol. The highest BCUT2D eigenvalue weighted by molar-refractivity contribution is 9.08. The van der Waals surface area contributed by atoms with Crippen LogP contribution in [0.1, 0.15) is 28.4 Å². The van der Waals surface area contributed by atoms with Gasteiger partial charge in [-0.1, -0.05) is 15.9 Å². The molecule has 4 nitrogen and oxygen atoms in total. The molecule has 0 saturated heterocycles. The van der Waals surface area contributed by atoms with E-state index in [1.54, 1.807) is 6.92 Å². The predicted molar refractivity (Wildman–Crippen MR) is 61.4 cm³/mol. The summed E-state index contributed by atoms with van der Waals surface area (Å²) in [6.45, 7) is 1.90. The van der Waals surface area contributed by atoms with Crippen LogP contribution in [0.5, 0.6) is 5.75 Å². The van der Waals surface area contributed by atoms with Crippen LogP contribution in [-0.4, -0.2) is 17.7 Å². The van der Waals surface area contributed by atoms with Crippen LogP contribution in [0.25, 0.3) is 0 Å². The number of phenols is 1. The largest absolute Gasteiger partial charge is 0.508 e. The highest BCUT2D eigenvalue weighted by Crippen LogP contribution is 2.24. The summed E-state index contributed by atoms with van der Waals surface area (Å²) in [5.74, 6) is -0.659. The Morgan fingerprint density at radius 2 is 2.31 bits per heavy atom. The summed E-state index contributed by atoms with van der Waals surface area (Å²) in [4.78, 5) is 11.5. The minimum atomic E-state index is -0.600. The molecule has 0 amide bonds. The third-order valence-corrected chi connectivity index (χ3v) is 2.56. The van der Waals surface area contributed by atoms with Crippen molar-refractivity contribution < 1.29 is 14.6 Å². The number of nitriles is 1. The molecule has 0 unspecified atom stereocenters. The summed E-state index contributed by atoms with van der Waals surface area (Å²) in [7, 11) is 0. The Hall–Kier alpha value is -1.54. The average Bonchev–Trinajstić information content (AvgIpc) is 2.28. The number of benzene rings is 1. The Morgan fingerprint density at radius 3 is 2.81 bits per heavy atom. The van der Waals surface area contributed by atoms with Gasteiger partial charge in [0.1, 0.15) is 11.8 Å². The molecule has 0 bridgehead atoms. The van der Waals surface area contributed by atoms with Crippen LogP contribution in [0, 0.1) is 11.3 Å². The van der Waals surface area contributed by atoms with Crippen molar-refractivity contribution in [3.63, 3.8) is 0 Å². The number of carbonyl (C=O) groups is 1. The van der Waals surface area contributed by atoms with Gasteiger partial charge in [-0.2, -0.15) is 5.26 Å². The van der Waals surface area contributed by atoms with Crippen molar-refractivity contribution in [3.05, 3.63) is 28.8 Å². The zero-order valence-electron chi connectivity index (χ0n) is 8.66. The third-order valence-electron chi connectivity index (χ3n) is 1.96. The maximum Gasteiger partial charge on any atom is 0.339 e. The number of phenolic OH excluding ortho intramolecular Hbond substituents is 1. The van der Waals surface area contributed by atoms with Crippen LogP contribution in [0.4, 0.5) is 0 Å². The minimum absolute atomic E-state index is 0.0588. The van der Waals surface area contributed by atoms with Crippen LogP contribution < -0.4 is 0 Å². The molecule has 1 N–H and O–H groups in total. The van der Waals surface area contributed by atoms with E-state index in [9.17, 15) is 9.90 Å². The number of esters is 1. The molecular formula is C11H10BrNO3. The van der Waals surface area contributed by atoms with Crippen molar-refractivity contribution in [1.82, 2.24) is 0 Å². The molecular weight excluding hydrogens is 274 g/mol. The first-order chi connectivity index (χ1) is 7.63. The van der Waals surface area contributed by atoms with Gasteiger partial charge in [0.05, 0.1) is 17.7 Å². The molecule has 1 aromatic rings. The van der Waals surface area contributed by atoms with E-state index in [2.05, 4.69) is 15.9 Å². The Bertz CT molecular complexity index is 451. The fourth-order valence-electron chi connectivity index (χ4n) is 1.29. The van der Waals surface area contributed by atoms with E-state index in [-0.39, 0.29) is 23.5 Å². The molecule has 0 aliphatic rings. The SMILES string of the molecule is CCOC(=O)c1cc(O)cc(CBr)c1C#N. The van der Waals surface area contributed by atoms with Crippen LogP contribution in [0.15, 0.2) is 12.1 Å². The lowest BCUT2D eigenvalue weighted by atomic mass is 10.0. The fraction of sp³-hybridized carbons (Fsp3) is 0.273. The Kier molecular flexibility index (Phi) is 4.32. The van der Waals surface area contributed by atoms with Gasteiger partial charge in [-0.15, -0.1) is 0 Å². The highest BCUT2D eigenvalue weighted by Gasteiger charge is 2.17. The van der Waals surface area contributed by atoms with Crippen LogP contribution in [0.2, 0.25) is 0 Å². The second-order valence-electron chi connectivity index (χ2n) is 2.99. The first kappa shape index (κ1) is 12.5. The molecule has 84 valence electrons. The van der Waals surface area contributed by atoms with E-state index in [1.807, 2.05) is 6.07 Å². The highest BCUT2D eigenvalue weighted by atomic mass is 79.9. The van der Waals surface area contributed by atoms with Crippen LogP contribution in [-0.2, 0) is 10.1 Å². The first-order valence-corrected chi connectivity index (χ1v) is 5.75. The molecule has 0 atom stereocenters. The molecule has 1 aromatic carbocycles. The quantitative estimate of drug-likeness (QED) is 0.683. The van der Waals surface area contributed by atoms with Crippen LogP contribution in [0.3, 0.4) is 0 Å². The van der Waals surface area contributed by atoms with E-state index in [1.165, 1.54) is 12.1 Å². The summed E-state index contributed by atoms with van der Waals surface area (Å²) < 4.78 is 4.81. The van der Waals surface area contributed by atoms with E-state index in [0.29, 0.717) is 10.9 Å². The molecule has 16 heavy (non-hydrogen) atoms. The molecule has 0 saturated carbocycles. The van der Waals surface area contributed by atoms with Crippen LogP contribution >= 0.6 is 15.9 Å². The van der Waals surface area contributed by atoms with Gasteiger partial charge in [-0.25, -0.2) is 4.79 Å². The van der Waals surface area contributed by atoms with E-state index >= 15 is 0 Å². The lowest BCUT2D eigenvalue weighted by molar-refractivity contribution is 0.0525. The minimum Gasteiger partial charge on any atom is -0.508 e. The second-order valence-corrected chi connectivity index (χ2v) is 3.55. The fourth-order valence-corrected chi connectivity index (χ4v) is 1.73. The normalized spacial score (nSPS) is 9.56. The lowest BCUT2D eigenvalue weighted by Gasteiger charge is -2.07. The van der Waals surface area contributed by atoms with Gasteiger partial charge in [0.2, 0.25) is 0 Å². The van der Waals surface area contributed by atoms with Crippen molar-refractivity contribution in [3.8, 4) is 11.8 Å². The van der Waals surface area contributed by atoms with Gasteiger partial charge in [0.25, 0.3) is 0 Å². The number of rotatable bonds is 3. The Balaban J connectivity index is 3.32. The van der Waals surface area contributed by atoms with Gasteiger partial charge >= 0.3 is 5.97 Å². The summed E-state index contributed by atoms with van der Waals surface area (Å²) in [6, 6.07) is 4.62. The Labute approximate surface area is 102 Å². The third kappa shape index (κ3) is 2.52.